The molecule has 1 aliphatic rings. The molecular formula is C15H18Cl2O3. The summed E-state index contributed by atoms with van der Waals surface area (Å²) in [5.41, 5.74) is 0.820. The molecular weight excluding hydrogens is 299 g/mol. The number of ether oxygens (including phenoxy) is 2. The summed E-state index contributed by atoms with van der Waals surface area (Å²) in [4.78, 5) is 12.0. The average Bonchev–Trinajstić information content (AvgIpc) is 2.48. The van der Waals surface area contributed by atoms with Crippen molar-refractivity contribution in [1.82, 2.24) is 0 Å². The number of benzene rings is 1. The Kier molecular flexibility index (Phi) is 5.70. The third-order valence-electron chi connectivity index (χ3n) is 3.60. The van der Waals surface area contributed by atoms with E-state index in [1.54, 1.807) is 12.1 Å². The molecule has 3 nitrogen and oxygen atoms in total. The number of methoxy groups -OCH3 is 1. The van der Waals surface area contributed by atoms with E-state index >= 15 is 0 Å². The van der Waals surface area contributed by atoms with Crippen LogP contribution in [-0.4, -0.2) is 25.8 Å². The zero-order valence-electron chi connectivity index (χ0n) is 11.4. The molecule has 1 saturated heterocycles. The summed E-state index contributed by atoms with van der Waals surface area (Å²) >= 11 is 12.0. The topological polar surface area (TPSA) is 35.5 Å². The maximum atomic E-state index is 12.0. The van der Waals surface area contributed by atoms with Crippen molar-refractivity contribution in [2.75, 3.05) is 13.7 Å². The minimum Gasteiger partial charge on any atom is -0.469 e. The van der Waals surface area contributed by atoms with Crippen molar-refractivity contribution in [3.8, 4) is 0 Å². The highest BCUT2D eigenvalue weighted by Gasteiger charge is 2.27. The van der Waals surface area contributed by atoms with Crippen LogP contribution in [0.25, 0.3) is 0 Å². The van der Waals surface area contributed by atoms with Gasteiger partial charge in [0.05, 0.1) is 29.2 Å². The predicted molar refractivity (Wildman–Crippen MR) is 79.4 cm³/mol. The predicted octanol–water partition coefficient (Wildman–Crippen LogP) is 4.21. The number of hydrogen-bond donors (Lipinski definition) is 0. The number of hydrogen-bond acceptors (Lipinski definition) is 3. The second kappa shape index (κ2) is 7.30. The van der Waals surface area contributed by atoms with Gasteiger partial charge < -0.3 is 9.47 Å². The molecule has 0 radical (unpaired) electrons. The molecule has 5 heteroatoms. The molecule has 0 amide bonds. The Morgan fingerprint density at radius 1 is 1.40 bits per heavy atom. The van der Waals surface area contributed by atoms with Gasteiger partial charge in [-0.2, -0.15) is 0 Å². The Hall–Kier alpha value is -0.770. The van der Waals surface area contributed by atoms with E-state index in [0.29, 0.717) is 16.5 Å². The van der Waals surface area contributed by atoms with E-state index in [2.05, 4.69) is 0 Å². The lowest BCUT2D eigenvalue weighted by atomic mass is 9.90. The zero-order valence-corrected chi connectivity index (χ0v) is 12.9. The average molecular weight is 317 g/mol. The summed E-state index contributed by atoms with van der Waals surface area (Å²) in [5.74, 6) is -0.629. The highest BCUT2D eigenvalue weighted by atomic mass is 35.5. The van der Waals surface area contributed by atoms with E-state index in [-0.39, 0.29) is 18.0 Å². The molecule has 2 unspecified atom stereocenters. The van der Waals surface area contributed by atoms with Crippen LogP contribution in [0.2, 0.25) is 10.0 Å². The van der Waals surface area contributed by atoms with Gasteiger partial charge in [0.2, 0.25) is 0 Å². The number of rotatable bonds is 4. The Labute approximate surface area is 129 Å². The summed E-state index contributed by atoms with van der Waals surface area (Å²) in [6.07, 6.45) is 3.92. The highest BCUT2D eigenvalue weighted by Crippen LogP contribution is 2.31. The third kappa shape index (κ3) is 3.87. The molecule has 1 aromatic carbocycles. The van der Waals surface area contributed by atoms with Gasteiger partial charge in [0.25, 0.3) is 0 Å². The van der Waals surface area contributed by atoms with Crippen LogP contribution >= 0.6 is 23.2 Å². The molecule has 110 valence electrons. The minimum absolute atomic E-state index is 0.0994. The Bertz CT molecular complexity index is 470. The van der Waals surface area contributed by atoms with Crippen molar-refractivity contribution in [1.29, 1.82) is 0 Å². The van der Waals surface area contributed by atoms with Crippen LogP contribution in [0.3, 0.4) is 0 Å². The van der Waals surface area contributed by atoms with E-state index in [1.165, 1.54) is 7.11 Å². The molecule has 0 spiro atoms. The van der Waals surface area contributed by atoms with Gasteiger partial charge in [0.15, 0.2) is 0 Å². The van der Waals surface area contributed by atoms with E-state index in [4.69, 9.17) is 32.7 Å². The second-order valence-electron chi connectivity index (χ2n) is 4.97. The molecule has 0 aliphatic carbocycles. The molecule has 1 aliphatic heterocycles. The summed E-state index contributed by atoms with van der Waals surface area (Å²) < 4.78 is 10.6. The SMILES string of the molecule is COC(=O)C(CC1CCCCO1)c1ccc(Cl)c(Cl)c1. The van der Waals surface area contributed by atoms with Gasteiger partial charge in [-0.3, -0.25) is 4.79 Å². The van der Waals surface area contributed by atoms with Crippen LogP contribution in [-0.2, 0) is 14.3 Å². The molecule has 2 atom stereocenters. The van der Waals surface area contributed by atoms with Gasteiger partial charge in [0, 0.05) is 6.61 Å². The summed E-state index contributed by atoms with van der Waals surface area (Å²) in [6, 6.07) is 5.25. The molecule has 1 heterocycles. The molecule has 0 bridgehead atoms. The van der Waals surface area contributed by atoms with Gasteiger partial charge in [-0.25, -0.2) is 0 Å². The van der Waals surface area contributed by atoms with Gasteiger partial charge in [0.1, 0.15) is 0 Å². The van der Waals surface area contributed by atoms with Crippen molar-refractivity contribution in [3.05, 3.63) is 33.8 Å². The van der Waals surface area contributed by atoms with Crippen LogP contribution in [0.5, 0.6) is 0 Å². The number of carbonyl (C=O) groups excluding carboxylic acids is 1. The van der Waals surface area contributed by atoms with Crippen molar-refractivity contribution in [2.24, 2.45) is 0 Å². The second-order valence-corrected chi connectivity index (χ2v) is 5.79. The molecule has 0 aromatic heterocycles. The largest absolute Gasteiger partial charge is 0.469 e. The number of carbonyl (C=O) groups is 1. The zero-order chi connectivity index (χ0) is 14.5. The molecule has 0 saturated carbocycles. The van der Waals surface area contributed by atoms with Gasteiger partial charge >= 0.3 is 5.97 Å². The van der Waals surface area contributed by atoms with Crippen LogP contribution < -0.4 is 0 Å². The van der Waals surface area contributed by atoms with Crippen molar-refractivity contribution < 1.29 is 14.3 Å². The maximum Gasteiger partial charge on any atom is 0.313 e. The molecule has 1 fully saturated rings. The first-order chi connectivity index (χ1) is 9.61. The van der Waals surface area contributed by atoms with Crippen molar-refractivity contribution in [3.63, 3.8) is 0 Å². The van der Waals surface area contributed by atoms with E-state index < -0.39 is 0 Å². The smallest absolute Gasteiger partial charge is 0.313 e. The maximum absolute atomic E-state index is 12.0. The van der Waals surface area contributed by atoms with Gasteiger partial charge in [-0.05, 0) is 43.4 Å². The first kappa shape index (κ1) is 15.6. The fraction of sp³-hybridized carbons (Fsp3) is 0.533. The first-order valence-corrected chi connectivity index (χ1v) is 7.51. The molecule has 1 aromatic rings. The summed E-state index contributed by atoms with van der Waals surface area (Å²) in [7, 11) is 1.40. The lowest BCUT2D eigenvalue weighted by Crippen LogP contribution is -2.25. The third-order valence-corrected chi connectivity index (χ3v) is 4.34. The molecule has 20 heavy (non-hydrogen) atoms. The van der Waals surface area contributed by atoms with Crippen molar-refractivity contribution in [2.45, 2.75) is 37.7 Å². The first-order valence-electron chi connectivity index (χ1n) is 6.76. The van der Waals surface area contributed by atoms with E-state index in [0.717, 1.165) is 31.4 Å². The number of halogens is 2. The summed E-state index contributed by atoms with van der Waals surface area (Å²) in [6.45, 7) is 0.764. The van der Waals surface area contributed by atoms with Crippen LogP contribution in [0.1, 0.15) is 37.2 Å². The van der Waals surface area contributed by atoms with E-state index in [9.17, 15) is 4.79 Å². The minimum atomic E-state index is -0.363. The Balaban J connectivity index is 2.17. The normalized spacial score (nSPS) is 20.4. The quantitative estimate of drug-likeness (QED) is 0.780. The lowest BCUT2D eigenvalue weighted by molar-refractivity contribution is -0.143. The monoisotopic (exact) mass is 316 g/mol. The van der Waals surface area contributed by atoms with Crippen LogP contribution in [0.15, 0.2) is 18.2 Å². The van der Waals surface area contributed by atoms with Gasteiger partial charge in [-0.1, -0.05) is 29.3 Å². The van der Waals surface area contributed by atoms with Crippen molar-refractivity contribution >= 4 is 29.2 Å². The standard InChI is InChI=1S/C15H18Cl2O3/c1-19-15(18)12(9-11-4-2-3-7-20-11)10-5-6-13(16)14(17)8-10/h5-6,8,11-12H,2-4,7,9H2,1H3. The molecule has 0 N–H and O–H groups in total. The van der Waals surface area contributed by atoms with Gasteiger partial charge in [-0.15, -0.1) is 0 Å². The van der Waals surface area contributed by atoms with Crippen LogP contribution in [0.4, 0.5) is 0 Å². The summed E-state index contributed by atoms with van der Waals surface area (Å²) in [5, 5.41) is 0.926. The lowest BCUT2D eigenvalue weighted by Gasteiger charge is -2.26. The molecule has 2 rings (SSSR count). The number of esters is 1. The van der Waals surface area contributed by atoms with E-state index in [1.807, 2.05) is 6.07 Å². The highest BCUT2D eigenvalue weighted by molar-refractivity contribution is 6.42. The van der Waals surface area contributed by atoms with Crippen LogP contribution in [0, 0.1) is 0 Å². The Morgan fingerprint density at radius 2 is 2.20 bits per heavy atom. The Morgan fingerprint density at radius 3 is 2.80 bits per heavy atom. The fourth-order valence-electron chi connectivity index (χ4n) is 2.50. The fourth-order valence-corrected chi connectivity index (χ4v) is 2.80.